The van der Waals surface area contributed by atoms with Crippen LogP contribution < -0.4 is 20.7 Å². The number of ether oxygens (including phenoxy) is 1. The Morgan fingerprint density at radius 3 is 2.65 bits per heavy atom. The van der Waals surface area contributed by atoms with E-state index in [2.05, 4.69) is 33.1 Å². The van der Waals surface area contributed by atoms with Gasteiger partial charge in [-0.05, 0) is 44.7 Å². The summed E-state index contributed by atoms with van der Waals surface area (Å²) in [5.74, 6) is 2.11. The Balaban J connectivity index is 1.76. The van der Waals surface area contributed by atoms with E-state index in [0.29, 0.717) is 13.1 Å². The third kappa shape index (κ3) is 6.24. The highest BCUT2D eigenvalue weighted by atomic mass is 16.5. The fourth-order valence-electron chi connectivity index (χ4n) is 2.81. The zero-order chi connectivity index (χ0) is 18.8. The summed E-state index contributed by atoms with van der Waals surface area (Å²) < 4.78 is 5.44. The summed E-state index contributed by atoms with van der Waals surface area (Å²) in [5, 5.41) is 9.58. The lowest BCUT2D eigenvalue weighted by Crippen LogP contribution is -2.39. The van der Waals surface area contributed by atoms with Crippen LogP contribution in [0.15, 0.2) is 23.2 Å². The Morgan fingerprint density at radius 1 is 1.23 bits per heavy atom. The highest BCUT2D eigenvalue weighted by Gasteiger charge is 2.24. The summed E-state index contributed by atoms with van der Waals surface area (Å²) >= 11 is 0. The highest BCUT2D eigenvalue weighted by molar-refractivity contribution is 5.80. The number of guanidine groups is 1. The van der Waals surface area contributed by atoms with Crippen molar-refractivity contribution in [2.45, 2.75) is 46.1 Å². The number of hydrogen-bond donors (Lipinski definition) is 3. The molecule has 0 spiro atoms. The van der Waals surface area contributed by atoms with Crippen LogP contribution >= 0.6 is 0 Å². The Bertz CT molecular complexity index is 612. The molecule has 1 aliphatic rings. The molecule has 0 aromatic heterocycles. The van der Waals surface area contributed by atoms with Crippen LogP contribution in [-0.4, -0.2) is 38.6 Å². The molecule has 0 radical (unpaired) electrons. The number of carbonyl (C=O) groups is 1. The van der Waals surface area contributed by atoms with Crippen LogP contribution in [0.2, 0.25) is 0 Å². The molecule has 1 aromatic rings. The molecule has 6 heteroatoms. The zero-order valence-corrected chi connectivity index (χ0v) is 16.2. The van der Waals surface area contributed by atoms with Crippen molar-refractivity contribution in [2.75, 3.05) is 26.7 Å². The fraction of sp³-hybridized carbons (Fsp3) is 0.600. The number of methoxy groups -OCH3 is 1. The first-order chi connectivity index (χ1) is 12.6. The van der Waals surface area contributed by atoms with Gasteiger partial charge in [0.1, 0.15) is 5.75 Å². The molecule has 0 saturated heterocycles. The van der Waals surface area contributed by atoms with Gasteiger partial charge in [-0.25, -0.2) is 4.99 Å². The van der Waals surface area contributed by atoms with E-state index in [1.165, 1.54) is 12.0 Å². The molecule has 2 rings (SSSR count). The number of benzene rings is 1. The Labute approximate surface area is 156 Å². The Hall–Kier alpha value is -2.24. The summed E-state index contributed by atoms with van der Waals surface area (Å²) in [6, 6.07) is 6.14. The molecule has 1 saturated carbocycles. The van der Waals surface area contributed by atoms with E-state index in [-0.39, 0.29) is 11.8 Å². The number of nitrogens with one attached hydrogen (secondary N) is 3. The second-order valence-corrected chi connectivity index (χ2v) is 6.71. The molecule has 0 bridgehead atoms. The Morgan fingerprint density at radius 2 is 2.00 bits per heavy atom. The quantitative estimate of drug-likeness (QED) is 0.359. The first-order valence-corrected chi connectivity index (χ1v) is 9.57. The number of hydrogen-bond acceptors (Lipinski definition) is 3. The predicted octanol–water partition coefficient (Wildman–Crippen LogP) is 2.37. The van der Waals surface area contributed by atoms with E-state index in [1.807, 2.05) is 19.9 Å². The van der Waals surface area contributed by atoms with Crippen molar-refractivity contribution in [2.24, 2.45) is 10.9 Å². The van der Waals surface area contributed by atoms with Gasteiger partial charge in [0.15, 0.2) is 5.96 Å². The normalized spacial score (nSPS) is 14.5. The van der Waals surface area contributed by atoms with Crippen molar-refractivity contribution in [3.05, 3.63) is 29.3 Å². The van der Waals surface area contributed by atoms with Crippen molar-refractivity contribution < 1.29 is 9.53 Å². The fourth-order valence-corrected chi connectivity index (χ4v) is 2.81. The maximum Gasteiger partial charge on any atom is 0.223 e. The molecule has 1 amide bonds. The minimum absolute atomic E-state index is 0.211. The van der Waals surface area contributed by atoms with Gasteiger partial charge in [0.05, 0.1) is 13.7 Å². The zero-order valence-electron chi connectivity index (χ0n) is 16.2. The van der Waals surface area contributed by atoms with Gasteiger partial charge >= 0.3 is 0 Å². The molecular formula is C20H32N4O2. The number of carbonyl (C=O) groups excluding carboxylic acids is 1. The second kappa shape index (κ2) is 10.7. The largest absolute Gasteiger partial charge is 0.496 e. The standard InChI is InChI=1S/C20H32N4O2/c1-4-21-20(23-12-6-11-22-19(25)16-7-5-8-16)24-14-17-10-9-15(2)13-18(17)26-3/h9-10,13,16H,4-8,11-12,14H2,1-3H3,(H,22,25)(H2,21,23,24). The summed E-state index contributed by atoms with van der Waals surface area (Å²) in [5.41, 5.74) is 2.23. The van der Waals surface area contributed by atoms with Crippen LogP contribution in [0.4, 0.5) is 0 Å². The van der Waals surface area contributed by atoms with Gasteiger partial charge < -0.3 is 20.7 Å². The Kier molecular flexibility index (Phi) is 8.25. The van der Waals surface area contributed by atoms with Crippen LogP contribution in [0, 0.1) is 12.8 Å². The average molecular weight is 361 g/mol. The van der Waals surface area contributed by atoms with Crippen molar-refractivity contribution in [1.82, 2.24) is 16.0 Å². The van der Waals surface area contributed by atoms with Gasteiger partial charge in [-0.2, -0.15) is 0 Å². The van der Waals surface area contributed by atoms with Crippen LogP contribution in [0.5, 0.6) is 5.75 Å². The summed E-state index contributed by atoms with van der Waals surface area (Å²) in [6.07, 6.45) is 4.15. The topological polar surface area (TPSA) is 74.8 Å². The molecule has 1 fully saturated rings. The third-order valence-electron chi connectivity index (χ3n) is 4.62. The first-order valence-electron chi connectivity index (χ1n) is 9.57. The number of amides is 1. The molecule has 0 unspecified atom stereocenters. The number of rotatable bonds is 9. The monoisotopic (exact) mass is 360 g/mol. The van der Waals surface area contributed by atoms with Crippen molar-refractivity contribution in [3.63, 3.8) is 0 Å². The summed E-state index contributed by atoms with van der Waals surface area (Å²) in [4.78, 5) is 16.4. The number of aryl methyl sites for hydroxylation is 1. The van der Waals surface area contributed by atoms with Crippen molar-refractivity contribution in [1.29, 1.82) is 0 Å². The molecule has 0 aliphatic heterocycles. The second-order valence-electron chi connectivity index (χ2n) is 6.71. The minimum Gasteiger partial charge on any atom is -0.496 e. The maximum absolute atomic E-state index is 11.8. The van der Waals surface area contributed by atoms with Crippen LogP contribution in [0.25, 0.3) is 0 Å². The smallest absolute Gasteiger partial charge is 0.223 e. The van der Waals surface area contributed by atoms with Crippen LogP contribution in [0.1, 0.15) is 43.7 Å². The SMILES string of the molecule is CCNC(=NCc1ccc(C)cc1OC)NCCCNC(=O)C1CCC1. The molecule has 3 N–H and O–H groups in total. The van der Waals surface area contributed by atoms with E-state index in [0.717, 1.165) is 49.6 Å². The first kappa shape index (κ1) is 20.1. The lowest BCUT2D eigenvalue weighted by Gasteiger charge is -2.24. The lowest BCUT2D eigenvalue weighted by atomic mass is 9.85. The molecule has 1 aliphatic carbocycles. The van der Waals surface area contributed by atoms with Gasteiger partial charge in [0.25, 0.3) is 0 Å². The molecule has 144 valence electrons. The molecular weight excluding hydrogens is 328 g/mol. The minimum atomic E-state index is 0.211. The number of aliphatic imine (C=N–C) groups is 1. The highest BCUT2D eigenvalue weighted by Crippen LogP contribution is 2.26. The van der Waals surface area contributed by atoms with Gasteiger partial charge in [-0.1, -0.05) is 18.6 Å². The predicted molar refractivity (Wildman–Crippen MR) is 106 cm³/mol. The molecule has 0 atom stereocenters. The van der Waals surface area contributed by atoms with E-state index >= 15 is 0 Å². The van der Waals surface area contributed by atoms with E-state index < -0.39 is 0 Å². The number of nitrogens with zero attached hydrogens (tertiary/aromatic N) is 1. The van der Waals surface area contributed by atoms with Crippen LogP contribution in [0.3, 0.4) is 0 Å². The average Bonchev–Trinajstić information content (AvgIpc) is 2.58. The maximum atomic E-state index is 11.8. The van der Waals surface area contributed by atoms with Gasteiger partial charge in [-0.3, -0.25) is 4.79 Å². The van der Waals surface area contributed by atoms with Gasteiger partial charge in [0.2, 0.25) is 5.91 Å². The van der Waals surface area contributed by atoms with E-state index in [4.69, 9.17) is 4.74 Å². The molecule has 6 nitrogen and oxygen atoms in total. The van der Waals surface area contributed by atoms with E-state index in [9.17, 15) is 4.79 Å². The van der Waals surface area contributed by atoms with Gasteiger partial charge in [-0.15, -0.1) is 0 Å². The molecule has 26 heavy (non-hydrogen) atoms. The van der Waals surface area contributed by atoms with Crippen molar-refractivity contribution in [3.8, 4) is 5.75 Å². The van der Waals surface area contributed by atoms with Crippen LogP contribution in [-0.2, 0) is 11.3 Å². The lowest BCUT2D eigenvalue weighted by molar-refractivity contribution is -0.127. The molecule has 1 aromatic carbocycles. The van der Waals surface area contributed by atoms with E-state index in [1.54, 1.807) is 7.11 Å². The third-order valence-corrected chi connectivity index (χ3v) is 4.62. The van der Waals surface area contributed by atoms with Crippen molar-refractivity contribution >= 4 is 11.9 Å². The molecule has 0 heterocycles. The summed E-state index contributed by atoms with van der Waals surface area (Å²) in [7, 11) is 1.68. The van der Waals surface area contributed by atoms with Gasteiger partial charge in [0, 0.05) is 31.1 Å². The summed E-state index contributed by atoms with van der Waals surface area (Å²) in [6.45, 7) is 6.91.